The number of rotatable bonds is 5. The molecule has 2 heterocycles. The molecule has 7 heteroatoms. The Bertz CT molecular complexity index is 1050. The van der Waals surface area contributed by atoms with Gasteiger partial charge in [0.05, 0.1) is 0 Å². The predicted molar refractivity (Wildman–Crippen MR) is 110 cm³/mol. The van der Waals surface area contributed by atoms with Crippen LogP contribution in [0.2, 0.25) is 0 Å². The van der Waals surface area contributed by atoms with Gasteiger partial charge in [0.25, 0.3) is 5.91 Å². The molecular weight excluding hydrogens is 368 g/mol. The Hall–Kier alpha value is -3.61. The van der Waals surface area contributed by atoms with E-state index in [1.54, 1.807) is 6.07 Å². The van der Waals surface area contributed by atoms with Crippen molar-refractivity contribution in [3.8, 4) is 11.5 Å². The van der Waals surface area contributed by atoms with Crippen LogP contribution in [0.1, 0.15) is 27.3 Å². The second kappa shape index (κ2) is 8.18. The summed E-state index contributed by atoms with van der Waals surface area (Å²) in [5, 5.41) is 6.06. The largest absolute Gasteiger partial charge is 0.486 e. The number of carbonyl (C=O) groups excluding carboxylic acids is 1. The molecule has 4 rings (SSSR count). The molecule has 2 aromatic carbocycles. The van der Waals surface area contributed by atoms with Crippen molar-refractivity contribution >= 4 is 17.5 Å². The van der Waals surface area contributed by atoms with Crippen LogP contribution in [0.4, 0.5) is 11.6 Å². The highest BCUT2D eigenvalue weighted by molar-refractivity contribution is 5.92. The number of carbonyl (C=O) groups is 1. The SMILES string of the molecule is Cc1cc(C(=O)NCc2ccccc2C)nc(Nc2ccc3c(c2)OCCO3)n1. The molecule has 0 saturated carbocycles. The molecule has 0 saturated heterocycles. The molecule has 0 bridgehead atoms. The summed E-state index contributed by atoms with van der Waals surface area (Å²) in [5.41, 5.74) is 3.97. The van der Waals surface area contributed by atoms with E-state index >= 15 is 0 Å². The highest BCUT2D eigenvalue weighted by Gasteiger charge is 2.14. The molecular formula is C22H22N4O3. The average molecular weight is 390 g/mol. The van der Waals surface area contributed by atoms with Gasteiger partial charge >= 0.3 is 0 Å². The third-order valence-electron chi connectivity index (χ3n) is 4.59. The van der Waals surface area contributed by atoms with E-state index in [1.165, 1.54) is 0 Å². The van der Waals surface area contributed by atoms with Crippen LogP contribution in [0.25, 0.3) is 0 Å². The zero-order chi connectivity index (χ0) is 20.2. The number of nitrogens with zero attached hydrogens (tertiary/aromatic N) is 2. The van der Waals surface area contributed by atoms with Gasteiger partial charge in [-0.25, -0.2) is 9.97 Å². The van der Waals surface area contributed by atoms with Crippen LogP contribution < -0.4 is 20.1 Å². The first-order valence-electron chi connectivity index (χ1n) is 9.43. The Labute approximate surface area is 169 Å². The van der Waals surface area contributed by atoms with E-state index in [1.807, 2.05) is 56.3 Å². The van der Waals surface area contributed by atoms with Crippen LogP contribution in [0.5, 0.6) is 11.5 Å². The molecule has 0 spiro atoms. The molecule has 148 valence electrons. The molecule has 0 atom stereocenters. The molecule has 2 N–H and O–H groups in total. The van der Waals surface area contributed by atoms with Gasteiger partial charge < -0.3 is 20.1 Å². The standard InChI is InChI=1S/C22H22N4O3/c1-14-5-3-4-6-16(14)13-23-21(27)18-11-15(2)24-22(26-18)25-17-7-8-19-20(12-17)29-10-9-28-19/h3-8,11-12H,9-10,13H2,1-2H3,(H,23,27)(H,24,25,26). The fourth-order valence-electron chi connectivity index (χ4n) is 3.07. The van der Waals surface area contributed by atoms with Crippen molar-refractivity contribution in [3.63, 3.8) is 0 Å². The van der Waals surface area contributed by atoms with Gasteiger partial charge in [-0.3, -0.25) is 4.79 Å². The summed E-state index contributed by atoms with van der Waals surface area (Å²) >= 11 is 0. The van der Waals surface area contributed by atoms with E-state index in [0.717, 1.165) is 16.8 Å². The Morgan fingerprint density at radius 3 is 2.62 bits per heavy atom. The quantitative estimate of drug-likeness (QED) is 0.693. The lowest BCUT2D eigenvalue weighted by Crippen LogP contribution is -2.24. The van der Waals surface area contributed by atoms with Crippen molar-refractivity contribution in [1.82, 2.24) is 15.3 Å². The number of amides is 1. The van der Waals surface area contributed by atoms with Crippen LogP contribution in [0, 0.1) is 13.8 Å². The first kappa shape index (κ1) is 18.7. The predicted octanol–water partition coefficient (Wildman–Crippen LogP) is 3.54. The summed E-state index contributed by atoms with van der Waals surface area (Å²) in [6.45, 7) is 5.35. The number of hydrogen-bond acceptors (Lipinski definition) is 6. The minimum absolute atomic E-state index is 0.246. The highest BCUT2D eigenvalue weighted by Crippen LogP contribution is 2.33. The minimum atomic E-state index is -0.246. The third kappa shape index (κ3) is 4.45. The van der Waals surface area contributed by atoms with Gasteiger partial charge in [0.1, 0.15) is 18.9 Å². The van der Waals surface area contributed by atoms with E-state index in [-0.39, 0.29) is 5.91 Å². The van der Waals surface area contributed by atoms with Crippen molar-refractivity contribution in [2.24, 2.45) is 0 Å². The first-order valence-corrected chi connectivity index (χ1v) is 9.43. The van der Waals surface area contributed by atoms with Gasteiger partial charge in [-0.1, -0.05) is 24.3 Å². The summed E-state index contributed by atoms with van der Waals surface area (Å²) in [6.07, 6.45) is 0. The van der Waals surface area contributed by atoms with Crippen molar-refractivity contribution in [2.45, 2.75) is 20.4 Å². The summed E-state index contributed by atoms with van der Waals surface area (Å²) in [6, 6.07) is 15.1. The number of hydrogen-bond donors (Lipinski definition) is 2. The molecule has 3 aromatic rings. The molecule has 0 unspecified atom stereocenters. The summed E-state index contributed by atoms with van der Waals surface area (Å²) in [4.78, 5) is 21.4. The van der Waals surface area contributed by atoms with Crippen molar-refractivity contribution in [2.75, 3.05) is 18.5 Å². The van der Waals surface area contributed by atoms with Gasteiger partial charge in [-0.2, -0.15) is 0 Å². The summed E-state index contributed by atoms with van der Waals surface area (Å²) in [7, 11) is 0. The Morgan fingerprint density at radius 2 is 1.79 bits per heavy atom. The van der Waals surface area contributed by atoms with E-state index in [2.05, 4.69) is 20.6 Å². The molecule has 1 aromatic heterocycles. The molecule has 1 aliphatic heterocycles. The number of ether oxygens (including phenoxy) is 2. The number of nitrogens with one attached hydrogen (secondary N) is 2. The zero-order valence-electron chi connectivity index (χ0n) is 16.4. The normalized spacial score (nSPS) is 12.3. The van der Waals surface area contributed by atoms with E-state index in [0.29, 0.717) is 48.6 Å². The second-order valence-corrected chi connectivity index (χ2v) is 6.81. The van der Waals surface area contributed by atoms with Gasteiger partial charge in [-0.15, -0.1) is 0 Å². The number of benzene rings is 2. The molecule has 0 aliphatic carbocycles. The van der Waals surface area contributed by atoms with Gasteiger partial charge in [0.2, 0.25) is 5.95 Å². The monoisotopic (exact) mass is 390 g/mol. The maximum Gasteiger partial charge on any atom is 0.270 e. The molecule has 0 radical (unpaired) electrons. The zero-order valence-corrected chi connectivity index (χ0v) is 16.4. The maximum absolute atomic E-state index is 12.6. The maximum atomic E-state index is 12.6. The minimum Gasteiger partial charge on any atom is -0.486 e. The Balaban J connectivity index is 1.48. The van der Waals surface area contributed by atoms with Crippen LogP contribution in [0.3, 0.4) is 0 Å². The van der Waals surface area contributed by atoms with Gasteiger partial charge in [0, 0.05) is 24.0 Å². The van der Waals surface area contributed by atoms with E-state index in [9.17, 15) is 4.79 Å². The third-order valence-corrected chi connectivity index (χ3v) is 4.59. The van der Waals surface area contributed by atoms with E-state index < -0.39 is 0 Å². The molecule has 1 amide bonds. The Morgan fingerprint density at radius 1 is 1.00 bits per heavy atom. The van der Waals surface area contributed by atoms with E-state index in [4.69, 9.17) is 9.47 Å². The highest BCUT2D eigenvalue weighted by atomic mass is 16.6. The second-order valence-electron chi connectivity index (χ2n) is 6.81. The Kier molecular flexibility index (Phi) is 5.29. The molecule has 1 aliphatic rings. The number of fused-ring (bicyclic) bond motifs is 1. The lowest BCUT2D eigenvalue weighted by Gasteiger charge is -2.19. The average Bonchev–Trinajstić information content (AvgIpc) is 2.72. The molecule has 7 nitrogen and oxygen atoms in total. The first-order chi connectivity index (χ1) is 14.1. The van der Waals surface area contributed by atoms with Crippen LogP contribution in [-0.4, -0.2) is 29.1 Å². The summed E-state index contributed by atoms with van der Waals surface area (Å²) < 4.78 is 11.1. The number of aromatic nitrogens is 2. The van der Waals surface area contributed by atoms with Crippen LogP contribution in [-0.2, 0) is 6.54 Å². The lowest BCUT2D eigenvalue weighted by molar-refractivity contribution is 0.0945. The topological polar surface area (TPSA) is 85.4 Å². The number of aryl methyl sites for hydroxylation is 2. The summed E-state index contributed by atoms with van der Waals surface area (Å²) in [5.74, 6) is 1.49. The molecule has 0 fully saturated rings. The van der Waals surface area contributed by atoms with Gasteiger partial charge in [0.15, 0.2) is 11.5 Å². The fraction of sp³-hybridized carbons (Fsp3) is 0.227. The van der Waals surface area contributed by atoms with Crippen LogP contribution in [0.15, 0.2) is 48.5 Å². The van der Waals surface area contributed by atoms with Crippen molar-refractivity contribution in [3.05, 3.63) is 71.0 Å². The van der Waals surface area contributed by atoms with Gasteiger partial charge in [-0.05, 0) is 43.2 Å². The van der Waals surface area contributed by atoms with Crippen molar-refractivity contribution < 1.29 is 14.3 Å². The fourth-order valence-corrected chi connectivity index (χ4v) is 3.07. The van der Waals surface area contributed by atoms with Crippen LogP contribution >= 0.6 is 0 Å². The molecule has 29 heavy (non-hydrogen) atoms. The lowest BCUT2D eigenvalue weighted by atomic mass is 10.1. The van der Waals surface area contributed by atoms with Crippen molar-refractivity contribution in [1.29, 1.82) is 0 Å². The smallest absolute Gasteiger partial charge is 0.270 e. The number of anilines is 2.